The van der Waals surface area contributed by atoms with Gasteiger partial charge in [-0.1, -0.05) is 30.3 Å². The predicted molar refractivity (Wildman–Crippen MR) is 85.7 cm³/mol. The standard InChI is InChI=1S/C18H10FN3/c19-13-6-3-5-12-16(13)22-18-15-11(8-9-20-17(12)15)10-4-1-2-7-14(10)21-18/h1-9H,(H,21,22). The molecule has 4 aromatic rings. The zero-order chi connectivity index (χ0) is 14.7. The molecular weight excluding hydrogens is 277 g/mol. The van der Waals surface area contributed by atoms with Crippen LogP contribution in [0, 0.1) is 5.82 Å². The van der Waals surface area contributed by atoms with E-state index in [2.05, 4.69) is 21.4 Å². The highest BCUT2D eigenvalue weighted by Gasteiger charge is 2.21. The molecule has 104 valence electrons. The van der Waals surface area contributed by atoms with Crippen LogP contribution in [0.3, 0.4) is 0 Å². The summed E-state index contributed by atoms with van der Waals surface area (Å²) in [7, 11) is 0. The topological polar surface area (TPSA) is 37.8 Å². The largest absolute Gasteiger partial charge is 0.339 e. The van der Waals surface area contributed by atoms with Crippen molar-refractivity contribution >= 4 is 33.3 Å². The van der Waals surface area contributed by atoms with Gasteiger partial charge in [0.25, 0.3) is 0 Å². The summed E-state index contributed by atoms with van der Waals surface area (Å²) in [5.41, 5.74) is 4.29. The quantitative estimate of drug-likeness (QED) is 0.421. The normalized spacial score (nSPS) is 12.2. The van der Waals surface area contributed by atoms with Crippen molar-refractivity contribution in [2.45, 2.75) is 0 Å². The van der Waals surface area contributed by atoms with Gasteiger partial charge in [0.15, 0.2) is 0 Å². The molecule has 0 bridgehead atoms. The van der Waals surface area contributed by atoms with Gasteiger partial charge in [0.2, 0.25) is 0 Å². The van der Waals surface area contributed by atoms with Gasteiger partial charge >= 0.3 is 0 Å². The SMILES string of the molecule is Fc1cccc2c1nc1c3c(ccnc32)-c2ccccc2N1. The molecule has 3 nitrogen and oxygen atoms in total. The molecule has 1 N–H and O–H groups in total. The number of pyridine rings is 2. The lowest BCUT2D eigenvalue weighted by Gasteiger charge is -2.21. The minimum Gasteiger partial charge on any atom is -0.339 e. The number of hydrogen-bond acceptors (Lipinski definition) is 3. The van der Waals surface area contributed by atoms with Crippen molar-refractivity contribution in [2.24, 2.45) is 0 Å². The maximum Gasteiger partial charge on any atom is 0.149 e. The number of nitrogens with zero attached hydrogens (tertiary/aromatic N) is 2. The first kappa shape index (κ1) is 11.6. The first-order valence-electron chi connectivity index (χ1n) is 7.06. The lowest BCUT2D eigenvalue weighted by molar-refractivity contribution is 0.637. The van der Waals surface area contributed by atoms with Gasteiger partial charge in [0.1, 0.15) is 17.2 Å². The zero-order valence-electron chi connectivity index (χ0n) is 11.5. The van der Waals surface area contributed by atoms with Crippen molar-refractivity contribution in [2.75, 3.05) is 5.32 Å². The third kappa shape index (κ3) is 1.39. The molecule has 0 spiro atoms. The van der Waals surface area contributed by atoms with Gasteiger partial charge in [0.05, 0.1) is 10.9 Å². The number of hydrogen-bond donors (Lipinski definition) is 1. The summed E-state index contributed by atoms with van der Waals surface area (Å²) in [6.07, 6.45) is 1.77. The van der Waals surface area contributed by atoms with Gasteiger partial charge in [0, 0.05) is 22.8 Å². The lowest BCUT2D eigenvalue weighted by atomic mass is 9.95. The summed E-state index contributed by atoms with van der Waals surface area (Å²) in [6, 6.07) is 15.0. The molecule has 0 saturated heterocycles. The Morgan fingerprint density at radius 1 is 0.864 bits per heavy atom. The molecule has 0 unspecified atom stereocenters. The van der Waals surface area contributed by atoms with Crippen molar-refractivity contribution in [3.8, 4) is 11.1 Å². The van der Waals surface area contributed by atoms with Crippen LogP contribution in [-0.4, -0.2) is 9.97 Å². The Labute approximate surface area is 125 Å². The van der Waals surface area contributed by atoms with E-state index in [4.69, 9.17) is 0 Å². The second-order valence-electron chi connectivity index (χ2n) is 5.35. The molecule has 0 aliphatic carbocycles. The van der Waals surface area contributed by atoms with E-state index in [1.807, 2.05) is 30.3 Å². The average molecular weight is 287 g/mol. The molecule has 3 heterocycles. The molecule has 0 radical (unpaired) electrons. The van der Waals surface area contributed by atoms with Gasteiger partial charge in [-0.15, -0.1) is 0 Å². The highest BCUT2D eigenvalue weighted by Crippen LogP contribution is 2.43. The second-order valence-corrected chi connectivity index (χ2v) is 5.35. The molecule has 0 atom stereocenters. The fourth-order valence-electron chi connectivity index (χ4n) is 3.16. The predicted octanol–water partition coefficient (Wildman–Crippen LogP) is 4.65. The Morgan fingerprint density at radius 2 is 1.77 bits per heavy atom. The fraction of sp³-hybridized carbons (Fsp3) is 0. The van der Waals surface area contributed by atoms with Gasteiger partial charge < -0.3 is 5.32 Å². The van der Waals surface area contributed by atoms with Gasteiger partial charge in [-0.25, -0.2) is 9.37 Å². The molecule has 0 fully saturated rings. The number of rotatable bonds is 0. The Morgan fingerprint density at radius 3 is 2.73 bits per heavy atom. The number of para-hydroxylation sites is 2. The molecule has 1 aliphatic heterocycles. The Balaban J connectivity index is 2.04. The molecule has 2 aromatic heterocycles. The fourth-order valence-corrected chi connectivity index (χ4v) is 3.16. The Hall–Kier alpha value is -3.01. The van der Waals surface area contributed by atoms with Crippen molar-refractivity contribution in [3.63, 3.8) is 0 Å². The minimum atomic E-state index is -0.330. The molecule has 5 rings (SSSR count). The van der Waals surface area contributed by atoms with Crippen LogP contribution >= 0.6 is 0 Å². The smallest absolute Gasteiger partial charge is 0.149 e. The monoisotopic (exact) mass is 287 g/mol. The summed E-state index contributed by atoms with van der Waals surface area (Å²) in [6.45, 7) is 0. The summed E-state index contributed by atoms with van der Waals surface area (Å²) in [5.74, 6) is 0.331. The lowest BCUT2D eigenvalue weighted by Crippen LogP contribution is -2.04. The third-order valence-corrected chi connectivity index (χ3v) is 4.12. The molecule has 0 saturated carbocycles. The van der Waals surface area contributed by atoms with Crippen LogP contribution in [-0.2, 0) is 0 Å². The number of halogens is 1. The van der Waals surface area contributed by atoms with E-state index in [0.29, 0.717) is 11.3 Å². The van der Waals surface area contributed by atoms with E-state index >= 15 is 0 Å². The number of aromatic nitrogens is 2. The molecule has 2 aromatic carbocycles. The molecule has 22 heavy (non-hydrogen) atoms. The third-order valence-electron chi connectivity index (χ3n) is 4.12. The summed E-state index contributed by atoms with van der Waals surface area (Å²) < 4.78 is 14.1. The van der Waals surface area contributed by atoms with Crippen LogP contribution in [0.5, 0.6) is 0 Å². The van der Waals surface area contributed by atoms with E-state index in [-0.39, 0.29) is 5.82 Å². The minimum absolute atomic E-state index is 0.330. The number of benzene rings is 2. The van der Waals surface area contributed by atoms with E-state index in [1.54, 1.807) is 12.3 Å². The van der Waals surface area contributed by atoms with Gasteiger partial charge in [-0.3, -0.25) is 4.98 Å². The molecule has 4 heteroatoms. The van der Waals surface area contributed by atoms with Crippen LogP contribution in [0.15, 0.2) is 54.7 Å². The first-order valence-corrected chi connectivity index (χ1v) is 7.06. The van der Waals surface area contributed by atoms with Crippen molar-refractivity contribution < 1.29 is 4.39 Å². The maximum absolute atomic E-state index is 14.1. The summed E-state index contributed by atoms with van der Waals surface area (Å²) in [4.78, 5) is 8.99. The van der Waals surface area contributed by atoms with E-state index < -0.39 is 0 Å². The molecule has 1 aliphatic rings. The highest BCUT2D eigenvalue weighted by atomic mass is 19.1. The van der Waals surface area contributed by atoms with Crippen LogP contribution in [0.2, 0.25) is 0 Å². The maximum atomic E-state index is 14.1. The number of fused-ring (bicyclic) bond motifs is 4. The van der Waals surface area contributed by atoms with Crippen molar-refractivity contribution in [1.29, 1.82) is 0 Å². The Kier molecular flexibility index (Phi) is 2.12. The van der Waals surface area contributed by atoms with Crippen molar-refractivity contribution in [3.05, 3.63) is 60.5 Å². The molecule has 0 amide bonds. The first-order chi connectivity index (χ1) is 10.8. The van der Waals surface area contributed by atoms with Crippen LogP contribution in [0.25, 0.3) is 32.9 Å². The van der Waals surface area contributed by atoms with Gasteiger partial charge in [-0.2, -0.15) is 0 Å². The Bertz CT molecular complexity index is 1070. The van der Waals surface area contributed by atoms with E-state index in [0.717, 1.165) is 33.1 Å². The zero-order valence-corrected chi connectivity index (χ0v) is 11.5. The van der Waals surface area contributed by atoms with E-state index in [1.165, 1.54) is 6.07 Å². The average Bonchev–Trinajstić information content (AvgIpc) is 2.56. The van der Waals surface area contributed by atoms with Crippen LogP contribution in [0.4, 0.5) is 15.9 Å². The molecular formula is C18H10FN3. The summed E-state index contributed by atoms with van der Waals surface area (Å²) >= 11 is 0. The van der Waals surface area contributed by atoms with E-state index in [9.17, 15) is 4.39 Å². The summed E-state index contributed by atoms with van der Waals surface area (Å²) in [5, 5.41) is 4.99. The van der Waals surface area contributed by atoms with Crippen LogP contribution in [0.1, 0.15) is 0 Å². The van der Waals surface area contributed by atoms with Crippen molar-refractivity contribution in [1.82, 2.24) is 9.97 Å². The van der Waals surface area contributed by atoms with Crippen LogP contribution < -0.4 is 5.32 Å². The second kappa shape index (κ2) is 4.01. The number of nitrogens with one attached hydrogen (secondary N) is 1. The highest BCUT2D eigenvalue weighted by molar-refractivity contribution is 6.16. The van der Waals surface area contributed by atoms with Gasteiger partial charge in [-0.05, 0) is 23.8 Å². The number of anilines is 2.